The van der Waals surface area contributed by atoms with Gasteiger partial charge in [0.15, 0.2) is 0 Å². The van der Waals surface area contributed by atoms with Gasteiger partial charge in [-0.15, -0.1) is 0 Å². The Bertz CT molecular complexity index is 186. The van der Waals surface area contributed by atoms with Crippen LogP contribution in [0.2, 0.25) is 0 Å². The number of hydrazine groups is 1. The average Bonchev–Trinajstić information content (AvgIpc) is 2.78. The zero-order valence-corrected chi connectivity index (χ0v) is 9.85. The fourth-order valence-corrected chi connectivity index (χ4v) is 4.05. The maximum atomic E-state index is 5.57. The van der Waals surface area contributed by atoms with Gasteiger partial charge in [-0.25, -0.2) is 0 Å². The Kier molecular flexibility index (Phi) is 3.74. The lowest BCUT2D eigenvalue weighted by Gasteiger charge is -2.25. The molecular formula is C11H22N2S. The van der Waals surface area contributed by atoms with Crippen LogP contribution < -0.4 is 11.3 Å². The maximum Gasteiger partial charge on any atom is 0.0303 e. The van der Waals surface area contributed by atoms with Crippen LogP contribution in [0.1, 0.15) is 32.1 Å². The standard InChI is InChI=1S/C11H22N2S/c1-14-7-11(13-12)6-10-5-8-2-3-9(10)4-8/h8-11,13H,2-7,12H2,1H3. The molecule has 0 heterocycles. The van der Waals surface area contributed by atoms with Crippen LogP contribution in [0.5, 0.6) is 0 Å². The fraction of sp³-hybridized carbons (Fsp3) is 1.00. The van der Waals surface area contributed by atoms with Gasteiger partial charge in [-0.05, 0) is 49.7 Å². The molecule has 0 aliphatic heterocycles. The molecule has 2 aliphatic carbocycles. The number of hydrogen-bond donors (Lipinski definition) is 2. The van der Waals surface area contributed by atoms with Gasteiger partial charge in [-0.2, -0.15) is 11.8 Å². The SMILES string of the molecule is CSCC(CC1CC2CCC1C2)NN. The van der Waals surface area contributed by atoms with Gasteiger partial charge in [-0.1, -0.05) is 6.42 Å². The van der Waals surface area contributed by atoms with Crippen LogP contribution in [0.3, 0.4) is 0 Å². The second kappa shape index (κ2) is 4.86. The quantitative estimate of drug-likeness (QED) is 0.543. The largest absolute Gasteiger partial charge is 0.271 e. The monoisotopic (exact) mass is 214 g/mol. The van der Waals surface area contributed by atoms with E-state index in [2.05, 4.69) is 11.7 Å². The first-order valence-electron chi connectivity index (χ1n) is 5.78. The molecule has 3 N–H and O–H groups in total. The molecule has 0 radical (unpaired) electrons. The van der Waals surface area contributed by atoms with E-state index in [0.717, 1.165) is 23.5 Å². The van der Waals surface area contributed by atoms with E-state index >= 15 is 0 Å². The summed E-state index contributed by atoms with van der Waals surface area (Å²) in [4.78, 5) is 0. The number of nitrogens with one attached hydrogen (secondary N) is 1. The van der Waals surface area contributed by atoms with Gasteiger partial charge < -0.3 is 0 Å². The molecule has 14 heavy (non-hydrogen) atoms. The number of fused-ring (bicyclic) bond motifs is 2. The molecule has 2 aliphatic rings. The molecule has 0 aromatic rings. The zero-order chi connectivity index (χ0) is 9.97. The van der Waals surface area contributed by atoms with E-state index in [9.17, 15) is 0 Å². The first kappa shape index (κ1) is 10.8. The van der Waals surface area contributed by atoms with E-state index in [4.69, 9.17) is 5.84 Å². The lowest BCUT2D eigenvalue weighted by molar-refractivity contribution is 0.287. The second-order valence-corrected chi connectivity index (χ2v) is 5.90. The van der Waals surface area contributed by atoms with Gasteiger partial charge in [0.05, 0.1) is 0 Å². The predicted molar refractivity (Wildman–Crippen MR) is 63.0 cm³/mol. The van der Waals surface area contributed by atoms with E-state index in [1.165, 1.54) is 32.1 Å². The highest BCUT2D eigenvalue weighted by Gasteiger charge is 2.39. The Balaban J connectivity index is 1.79. The Hall–Kier alpha value is 0.270. The van der Waals surface area contributed by atoms with E-state index in [1.807, 2.05) is 11.8 Å². The molecule has 2 rings (SSSR count). The zero-order valence-electron chi connectivity index (χ0n) is 9.04. The summed E-state index contributed by atoms with van der Waals surface area (Å²) in [5.74, 6) is 9.81. The molecule has 0 aromatic heterocycles. The summed E-state index contributed by atoms with van der Waals surface area (Å²) in [6.07, 6.45) is 9.46. The summed E-state index contributed by atoms with van der Waals surface area (Å²) in [5.41, 5.74) is 2.97. The van der Waals surface area contributed by atoms with E-state index in [-0.39, 0.29) is 0 Å². The van der Waals surface area contributed by atoms with Crippen molar-refractivity contribution >= 4 is 11.8 Å². The summed E-state index contributed by atoms with van der Waals surface area (Å²) in [5, 5.41) is 0. The van der Waals surface area contributed by atoms with Gasteiger partial charge in [0, 0.05) is 11.8 Å². The Labute approximate surface area is 91.4 Å². The molecule has 2 bridgehead atoms. The minimum Gasteiger partial charge on any atom is -0.271 e. The van der Waals surface area contributed by atoms with Crippen LogP contribution in [0.4, 0.5) is 0 Å². The minimum atomic E-state index is 0.536. The van der Waals surface area contributed by atoms with Gasteiger partial charge in [0.2, 0.25) is 0 Å². The Morgan fingerprint density at radius 1 is 1.43 bits per heavy atom. The highest BCUT2D eigenvalue weighted by molar-refractivity contribution is 7.98. The van der Waals surface area contributed by atoms with Crippen molar-refractivity contribution in [1.82, 2.24) is 5.43 Å². The minimum absolute atomic E-state index is 0.536. The van der Waals surface area contributed by atoms with Crippen LogP contribution in [0.25, 0.3) is 0 Å². The maximum absolute atomic E-state index is 5.57. The fourth-order valence-electron chi connectivity index (χ4n) is 3.42. The van der Waals surface area contributed by atoms with Crippen LogP contribution in [0.15, 0.2) is 0 Å². The van der Waals surface area contributed by atoms with E-state index in [0.29, 0.717) is 6.04 Å². The van der Waals surface area contributed by atoms with Crippen molar-refractivity contribution in [2.45, 2.75) is 38.1 Å². The van der Waals surface area contributed by atoms with Gasteiger partial charge >= 0.3 is 0 Å². The van der Waals surface area contributed by atoms with Gasteiger partial charge in [-0.3, -0.25) is 11.3 Å². The molecule has 4 atom stereocenters. The molecule has 2 saturated carbocycles. The number of nitrogens with two attached hydrogens (primary N) is 1. The summed E-state index contributed by atoms with van der Waals surface area (Å²) in [6, 6.07) is 0.536. The first-order valence-corrected chi connectivity index (χ1v) is 7.18. The number of hydrogen-bond acceptors (Lipinski definition) is 3. The second-order valence-electron chi connectivity index (χ2n) is 4.99. The molecule has 0 saturated heterocycles. The molecule has 3 heteroatoms. The van der Waals surface area contributed by atoms with Crippen LogP contribution in [-0.4, -0.2) is 18.1 Å². The van der Waals surface area contributed by atoms with Crippen molar-refractivity contribution in [2.24, 2.45) is 23.6 Å². The normalized spacial score (nSPS) is 37.7. The van der Waals surface area contributed by atoms with E-state index < -0.39 is 0 Å². The van der Waals surface area contributed by atoms with E-state index in [1.54, 1.807) is 0 Å². The molecule has 0 amide bonds. The topological polar surface area (TPSA) is 38.0 Å². The smallest absolute Gasteiger partial charge is 0.0303 e. The summed E-state index contributed by atoms with van der Waals surface area (Å²) in [6.45, 7) is 0. The molecule has 4 unspecified atom stereocenters. The van der Waals surface area contributed by atoms with Crippen molar-refractivity contribution in [2.75, 3.05) is 12.0 Å². The van der Waals surface area contributed by atoms with Gasteiger partial charge in [0.1, 0.15) is 0 Å². The first-order chi connectivity index (χ1) is 6.83. The lowest BCUT2D eigenvalue weighted by Crippen LogP contribution is -2.39. The molecule has 2 nitrogen and oxygen atoms in total. The Morgan fingerprint density at radius 3 is 2.79 bits per heavy atom. The third-order valence-electron chi connectivity index (χ3n) is 4.08. The van der Waals surface area contributed by atoms with Crippen LogP contribution in [-0.2, 0) is 0 Å². The summed E-state index contributed by atoms with van der Waals surface area (Å²) >= 11 is 1.90. The van der Waals surface area contributed by atoms with Crippen molar-refractivity contribution in [3.8, 4) is 0 Å². The molecule has 0 aromatic carbocycles. The number of thioether (sulfide) groups is 1. The molecular weight excluding hydrogens is 192 g/mol. The van der Waals surface area contributed by atoms with Crippen molar-refractivity contribution < 1.29 is 0 Å². The highest BCUT2D eigenvalue weighted by Crippen LogP contribution is 2.49. The highest BCUT2D eigenvalue weighted by atomic mass is 32.2. The molecule has 82 valence electrons. The molecule has 2 fully saturated rings. The third-order valence-corrected chi connectivity index (χ3v) is 4.81. The van der Waals surface area contributed by atoms with Gasteiger partial charge in [0.25, 0.3) is 0 Å². The summed E-state index contributed by atoms with van der Waals surface area (Å²) in [7, 11) is 0. The molecule has 0 spiro atoms. The van der Waals surface area contributed by atoms with Crippen molar-refractivity contribution in [1.29, 1.82) is 0 Å². The van der Waals surface area contributed by atoms with Crippen LogP contribution >= 0.6 is 11.8 Å². The van der Waals surface area contributed by atoms with Crippen molar-refractivity contribution in [3.05, 3.63) is 0 Å². The Morgan fingerprint density at radius 2 is 2.29 bits per heavy atom. The summed E-state index contributed by atoms with van der Waals surface area (Å²) < 4.78 is 0. The average molecular weight is 214 g/mol. The predicted octanol–water partition coefficient (Wildman–Crippen LogP) is 2.01. The lowest BCUT2D eigenvalue weighted by atomic mass is 9.84. The third kappa shape index (κ3) is 2.26. The van der Waals surface area contributed by atoms with Crippen LogP contribution in [0, 0.1) is 17.8 Å². The van der Waals surface area contributed by atoms with Crippen molar-refractivity contribution in [3.63, 3.8) is 0 Å². The number of rotatable bonds is 5.